The van der Waals surface area contributed by atoms with Crippen LogP contribution in [0.3, 0.4) is 0 Å². The van der Waals surface area contributed by atoms with E-state index >= 15 is 0 Å². The van der Waals surface area contributed by atoms with Crippen molar-refractivity contribution in [3.05, 3.63) is 82.0 Å². The Morgan fingerprint density at radius 1 is 1.19 bits per heavy atom. The normalized spacial score (nSPS) is 19.2. The van der Waals surface area contributed by atoms with Crippen molar-refractivity contribution in [3.63, 3.8) is 0 Å². The number of aliphatic imine (C=N–C) groups is 1. The number of benzene rings is 2. The average Bonchev–Trinajstić information content (AvgIpc) is 3.28. The monoisotopic (exact) mass is 374 g/mol. The predicted molar refractivity (Wildman–Crippen MR) is 106 cm³/mol. The standard InChI is InChI=1S/C21H16N3O2S/c1-24-19(26)21(23-20(24)22,15-7-3-2-4-8-15)16-9-5-6-14(12-16)17-10-11-27-18(17)13-25/h3-13H,1H3,(H2,22,23). The quantitative estimate of drug-likeness (QED) is 0.713. The number of carbonyl (C=O) groups excluding carboxylic acids is 2. The largest absolute Gasteiger partial charge is 0.369 e. The van der Waals surface area contributed by atoms with Crippen LogP contribution >= 0.6 is 11.3 Å². The van der Waals surface area contributed by atoms with Crippen molar-refractivity contribution < 1.29 is 9.59 Å². The smallest absolute Gasteiger partial charge is 0.266 e. The summed E-state index contributed by atoms with van der Waals surface area (Å²) >= 11 is 1.38. The first-order chi connectivity index (χ1) is 13.1. The second kappa shape index (κ2) is 6.48. The summed E-state index contributed by atoms with van der Waals surface area (Å²) in [5.74, 6) is -0.0494. The van der Waals surface area contributed by atoms with E-state index in [4.69, 9.17) is 5.73 Å². The average molecular weight is 374 g/mol. The molecule has 2 aromatic carbocycles. The maximum atomic E-state index is 13.2. The summed E-state index contributed by atoms with van der Waals surface area (Å²) in [6.07, 6.45) is 0.847. The van der Waals surface area contributed by atoms with E-state index in [9.17, 15) is 9.59 Å². The number of aldehydes is 1. The molecule has 1 aliphatic heterocycles. The fourth-order valence-electron chi connectivity index (χ4n) is 3.37. The van der Waals surface area contributed by atoms with Crippen LogP contribution in [0.1, 0.15) is 20.8 Å². The molecule has 1 aromatic heterocycles. The number of thiophene rings is 1. The highest BCUT2D eigenvalue weighted by atomic mass is 32.1. The SMILES string of the molecule is CN1C(=O)C(c2cc[c]cc2)(c2cccc(-c3ccsc3C=O)c2)N=C1N. The number of hydrogen-bond donors (Lipinski definition) is 1. The molecule has 3 aromatic rings. The maximum Gasteiger partial charge on any atom is 0.266 e. The Morgan fingerprint density at radius 3 is 2.63 bits per heavy atom. The number of rotatable bonds is 4. The number of amides is 1. The third-order valence-electron chi connectivity index (χ3n) is 4.77. The minimum atomic E-state index is -1.25. The second-order valence-electron chi connectivity index (χ2n) is 6.23. The molecule has 0 spiro atoms. The molecule has 0 bridgehead atoms. The van der Waals surface area contributed by atoms with Gasteiger partial charge >= 0.3 is 0 Å². The first kappa shape index (κ1) is 17.2. The molecule has 4 rings (SSSR count). The molecule has 2 heterocycles. The van der Waals surface area contributed by atoms with Gasteiger partial charge in [0.2, 0.25) is 0 Å². The summed E-state index contributed by atoms with van der Waals surface area (Å²) in [6.45, 7) is 0. The van der Waals surface area contributed by atoms with Crippen LogP contribution in [0.5, 0.6) is 0 Å². The predicted octanol–water partition coefficient (Wildman–Crippen LogP) is 3.06. The molecule has 1 unspecified atom stereocenters. The number of carbonyl (C=O) groups is 2. The van der Waals surface area contributed by atoms with E-state index in [-0.39, 0.29) is 11.9 Å². The van der Waals surface area contributed by atoms with Gasteiger partial charge in [0.1, 0.15) is 0 Å². The molecule has 5 nitrogen and oxygen atoms in total. The van der Waals surface area contributed by atoms with Crippen LogP contribution in [-0.2, 0) is 10.3 Å². The molecule has 2 N–H and O–H groups in total. The lowest BCUT2D eigenvalue weighted by Gasteiger charge is -2.26. The Hall–Kier alpha value is -3.25. The first-order valence-electron chi connectivity index (χ1n) is 8.31. The molecular formula is C21H16N3O2S. The van der Waals surface area contributed by atoms with E-state index in [1.165, 1.54) is 16.2 Å². The Balaban J connectivity index is 1.95. The van der Waals surface area contributed by atoms with Crippen molar-refractivity contribution in [2.75, 3.05) is 7.05 Å². The van der Waals surface area contributed by atoms with Gasteiger partial charge in [0, 0.05) is 12.6 Å². The van der Waals surface area contributed by atoms with Gasteiger partial charge in [-0.3, -0.25) is 14.5 Å². The zero-order valence-electron chi connectivity index (χ0n) is 14.5. The minimum Gasteiger partial charge on any atom is -0.369 e. The summed E-state index contributed by atoms with van der Waals surface area (Å²) in [7, 11) is 1.62. The molecule has 0 aliphatic carbocycles. The van der Waals surface area contributed by atoms with E-state index < -0.39 is 5.54 Å². The molecular weight excluding hydrogens is 358 g/mol. The van der Waals surface area contributed by atoms with Gasteiger partial charge in [-0.25, -0.2) is 4.99 Å². The van der Waals surface area contributed by atoms with Crippen LogP contribution in [-0.4, -0.2) is 30.1 Å². The van der Waals surface area contributed by atoms with Gasteiger partial charge < -0.3 is 5.73 Å². The maximum absolute atomic E-state index is 13.2. The van der Waals surface area contributed by atoms with Crippen molar-refractivity contribution in [1.82, 2.24) is 4.90 Å². The molecule has 1 amide bonds. The van der Waals surface area contributed by atoms with Crippen LogP contribution in [0.25, 0.3) is 11.1 Å². The van der Waals surface area contributed by atoms with Crippen LogP contribution in [0.15, 0.2) is 65.0 Å². The van der Waals surface area contributed by atoms with E-state index in [0.29, 0.717) is 10.4 Å². The van der Waals surface area contributed by atoms with Crippen LogP contribution in [0, 0.1) is 6.07 Å². The fraction of sp³-hybridized carbons (Fsp3) is 0.0952. The molecule has 1 atom stereocenters. The van der Waals surface area contributed by atoms with Crippen LogP contribution < -0.4 is 5.73 Å². The summed E-state index contributed by atoms with van der Waals surface area (Å²) in [5.41, 5.74) is 7.86. The van der Waals surface area contributed by atoms with Crippen LogP contribution in [0.2, 0.25) is 0 Å². The van der Waals surface area contributed by atoms with Crippen molar-refractivity contribution in [2.24, 2.45) is 10.7 Å². The number of guanidine groups is 1. The van der Waals surface area contributed by atoms with Crippen molar-refractivity contribution >= 4 is 29.5 Å². The molecule has 6 heteroatoms. The first-order valence-corrected chi connectivity index (χ1v) is 9.19. The number of hydrogen-bond acceptors (Lipinski definition) is 5. The van der Waals surface area contributed by atoms with Gasteiger partial charge in [-0.15, -0.1) is 11.3 Å². The van der Waals surface area contributed by atoms with Gasteiger partial charge in [-0.1, -0.05) is 42.5 Å². The molecule has 0 saturated heterocycles. The van der Waals surface area contributed by atoms with Crippen molar-refractivity contribution in [1.29, 1.82) is 0 Å². The molecule has 0 saturated carbocycles. The molecule has 1 aliphatic rings. The number of nitrogens with zero attached hydrogens (tertiary/aromatic N) is 2. The van der Waals surface area contributed by atoms with Crippen molar-refractivity contribution in [3.8, 4) is 11.1 Å². The lowest BCUT2D eigenvalue weighted by Crippen LogP contribution is -2.41. The topological polar surface area (TPSA) is 75.8 Å². The van der Waals surface area contributed by atoms with Crippen LogP contribution in [0.4, 0.5) is 0 Å². The Bertz CT molecular complexity index is 1060. The third kappa shape index (κ3) is 2.57. The highest BCUT2D eigenvalue weighted by Crippen LogP contribution is 2.40. The zero-order valence-corrected chi connectivity index (χ0v) is 15.4. The van der Waals surface area contributed by atoms with Gasteiger partial charge in [0.25, 0.3) is 5.91 Å². The van der Waals surface area contributed by atoms with E-state index in [1.54, 1.807) is 19.2 Å². The van der Waals surface area contributed by atoms with Gasteiger partial charge in [0.05, 0.1) is 4.88 Å². The zero-order chi connectivity index (χ0) is 19.0. The number of nitrogens with two attached hydrogens (primary N) is 1. The lowest BCUT2D eigenvalue weighted by atomic mass is 9.82. The van der Waals surface area contributed by atoms with Gasteiger partial charge in [0.15, 0.2) is 17.8 Å². The Kier molecular flexibility index (Phi) is 4.12. The summed E-state index contributed by atoms with van der Waals surface area (Å²) < 4.78 is 0. The summed E-state index contributed by atoms with van der Waals surface area (Å²) in [4.78, 5) is 31.1. The number of likely N-dealkylation sites (N-methyl/N-ethyl adjacent to an activating group) is 1. The second-order valence-corrected chi connectivity index (χ2v) is 7.18. The lowest BCUT2D eigenvalue weighted by molar-refractivity contribution is -0.129. The van der Waals surface area contributed by atoms with E-state index in [0.717, 1.165) is 23.0 Å². The molecule has 1 radical (unpaired) electrons. The van der Waals surface area contributed by atoms with E-state index in [2.05, 4.69) is 11.1 Å². The van der Waals surface area contributed by atoms with E-state index in [1.807, 2.05) is 47.8 Å². The summed E-state index contributed by atoms with van der Waals surface area (Å²) in [6, 6.07) is 19.6. The third-order valence-corrected chi connectivity index (χ3v) is 5.61. The highest BCUT2D eigenvalue weighted by molar-refractivity contribution is 7.12. The fourth-order valence-corrected chi connectivity index (χ4v) is 4.09. The molecule has 0 fully saturated rings. The Labute approximate surface area is 160 Å². The highest BCUT2D eigenvalue weighted by Gasteiger charge is 2.49. The molecule has 133 valence electrons. The van der Waals surface area contributed by atoms with Crippen molar-refractivity contribution in [2.45, 2.75) is 5.54 Å². The van der Waals surface area contributed by atoms with Gasteiger partial charge in [-0.2, -0.15) is 0 Å². The van der Waals surface area contributed by atoms with Gasteiger partial charge in [-0.05, 0) is 40.3 Å². The minimum absolute atomic E-state index is 0.169. The Morgan fingerprint density at radius 2 is 1.96 bits per heavy atom. The molecule has 27 heavy (non-hydrogen) atoms. The summed E-state index contributed by atoms with van der Waals surface area (Å²) in [5, 5.41) is 1.87.